The van der Waals surface area contributed by atoms with Crippen molar-refractivity contribution in [1.29, 1.82) is 0 Å². The summed E-state index contributed by atoms with van der Waals surface area (Å²) in [5.74, 6) is 0.0360. The van der Waals surface area contributed by atoms with Crippen molar-refractivity contribution in [3.8, 4) is 0 Å². The molecule has 1 aliphatic rings. The highest BCUT2D eigenvalue weighted by atomic mass is 35.5. The molecule has 1 saturated carbocycles. The molecule has 1 aromatic heterocycles. The molecule has 0 spiro atoms. The maximum Gasteiger partial charge on any atom is 0.263 e. The maximum atomic E-state index is 12.1. The van der Waals surface area contributed by atoms with Gasteiger partial charge in [0.1, 0.15) is 4.88 Å². The zero-order valence-corrected chi connectivity index (χ0v) is 13.3. The van der Waals surface area contributed by atoms with Crippen LogP contribution in [0, 0.1) is 5.92 Å². The lowest BCUT2D eigenvalue weighted by atomic mass is 9.85. The molecule has 1 aliphatic carbocycles. The largest absolute Gasteiger partial charge is 0.349 e. The number of halogens is 1. The van der Waals surface area contributed by atoms with Crippen molar-refractivity contribution in [2.75, 3.05) is 14.1 Å². The van der Waals surface area contributed by atoms with E-state index in [0.717, 1.165) is 19.3 Å². The quantitative estimate of drug-likeness (QED) is 0.932. The van der Waals surface area contributed by atoms with Gasteiger partial charge in [-0.15, -0.1) is 11.3 Å². The number of carbonyl (C=O) groups is 2. The number of amides is 2. The topological polar surface area (TPSA) is 49.4 Å². The molecule has 0 aliphatic heterocycles. The van der Waals surface area contributed by atoms with Gasteiger partial charge in [-0.25, -0.2) is 0 Å². The van der Waals surface area contributed by atoms with Crippen molar-refractivity contribution in [3.05, 3.63) is 21.3 Å². The summed E-state index contributed by atoms with van der Waals surface area (Å²) in [6.45, 7) is 0. The Labute approximate surface area is 128 Å². The number of hydrogen-bond donors (Lipinski definition) is 1. The Kier molecular flexibility index (Phi) is 5.05. The first-order valence-electron chi connectivity index (χ1n) is 6.74. The lowest BCUT2D eigenvalue weighted by molar-refractivity contribution is -0.134. The van der Waals surface area contributed by atoms with Gasteiger partial charge < -0.3 is 10.2 Å². The second-order valence-corrected chi connectivity index (χ2v) is 6.69. The Hall–Kier alpha value is -1.07. The summed E-state index contributed by atoms with van der Waals surface area (Å²) in [5, 5.41) is 5.29. The summed E-state index contributed by atoms with van der Waals surface area (Å²) >= 11 is 7.30. The molecular weight excluding hydrogens is 296 g/mol. The van der Waals surface area contributed by atoms with E-state index < -0.39 is 0 Å². The van der Waals surface area contributed by atoms with Crippen LogP contribution in [0.1, 0.15) is 35.4 Å². The molecule has 0 saturated heterocycles. The van der Waals surface area contributed by atoms with E-state index in [0.29, 0.717) is 16.3 Å². The van der Waals surface area contributed by atoms with Crippen molar-refractivity contribution in [1.82, 2.24) is 10.2 Å². The predicted octanol–water partition coefficient (Wildman–Crippen LogP) is 2.78. The third-order valence-corrected chi connectivity index (χ3v) is 4.96. The molecule has 110 valence electrons. The van der Waals surface area contributed by atoms with E-state index in [1.165, 1.54) is 11.3 Å². The van der Waals surface area contributed by atoms with Gasteiger partial charge in [-0.2, -0.15) is 0 Å². The molecule has 1 aromatic rings. The van der Waals surface area contributed by atoms with Crippen LogP contribution in [-0.4, -0.2) is 36.9 Å². The average molecular weight is 315 g/mol. The minimum atomic E-state index is -0.132. The highest BCUT2D eigenvalue weighted by molar-refractivity contribution is 7.12. The molecule has 0 aromatic carbocycles. The third kappa shape index (κ3) is 3.52. The Morgan fingerprint density at radius 2 is 2.15 bits per heavy atom. The standard InChI is InChI=1S/C14H19ClN2O2S/c1-17(2)14(19)9-4-3-5-10(8-9)16-13(18)12-11(15)6-7-20-12/h6-7,9-10H,3-5,8H2,1-2H3,(H,16,18)/t9-,10-/m0/s1. The summed E-state index contributed by atoms with van der Waals surface area (Å²) in [7, 11) is 3.55. The van der Waals surface area contributed by atoms with Crippen LogP contribution in [0.2, 0.25) is 5.02 Å². The second-order valence-electron chi connectivity index (χ2n) is 5.36. The SMILES string of the molecule is CN(C)C(=O)[C@H]1CCC[C@H](NC(=O)c2sccc2Cl)C1. The first-order valence-corrected chi connectivity index (χ1v) is 8.00. The number of nitrogens with zero attached hydrogens (tertiary/aromatic N) is 1. The molecule has 2 atom stereocenters. The van der Waals surface area contributed by atoms with Gasteiger partial charge in [-0.1, -0.05) is 18.0 Å². The van der Waals surface area contributed by atoms with E-state index in [9.17, 15) is 9.59 Å². The smallest absolute Gasteiger partial charge is 0.263 e. The summed E-state index contributed by atoms with van der Waals surface area (Å²) in [5.41, 5.74) is 0. The number of rotatable bonds is 3. The van der Waals surface area contributed by atoms with Gasteiger partial charge >= 0.3 is 0 Å². The monoisotopic (exact) mass is 314 g/mol. The first kappa shape index (κ1) is 15.3. The summed E-state index contributed by atoms with van der Waals surface area (Å²) in [6, 6.07) is 1.78. The first-order chi connectivity index (χ1) is 9.49. The van der Waals surface area contributed by atoms with Gasteiger partial charge in [0.15, 0.2) is 0 Å². The van der Waals surface area contributed by atoms with Crippen molar-refractivity contribution in [2.45, 2.75) is 31.7 Å². The molecule has 6 heteroatoms. The fourth-order valence-corrected chi connectivity index (χ4v) is 3.66. The van der Waals surface area contributed by atoms with Crippen LogP contribution < -0.4 is 5.32 Å². The molecule has 20 heavy (non-hydrogen) atoms. The van der Waals surface area contributed by atoms with Crippen molar-refractivity contribution in [2.24, 2.45) is 5.92 Å². The van der Waals surface area contributed by atoms with Gasteiger partial charge in [0, 0.05) is 26.1 Å². The van der Waals surface area contributed by atoms with E-state index >= 15 is 0 Å². The molecule has 2 amide bonds. The number of thiophene rings is 1. The number of nitrogens with one attached hydrogen (secondary N) is 1. The number of carbonyl (C=O) groups excluding carboxylic acids is 2. The van der Waals surface area contributed by atoms with E-state index in [1.807, 2.05) is 0 Å². The summed E-state index contributed by atoms with van der Waals surface area (Å²) < 4.78 is 0. The molecular formula is C14H19ClN2O2S. The van der Waals surface area contributed by atoms with Crippen LogP contribution in [0.5, 0.6) is 0 Å². The molecule has 0 unspecified atom stereocenters. The summed E-state index contributed by atoms with van der Waals surface area (Å²) in [6.07, 6.45) is 3.51. The van der Waals surface area contributed by atoms with E-state index in [-0.39, 0.29) is 23.8 Å². The fourth-order valence-electron chi connectivity index (χ4n) is 2.62. The second kappa shape index (κ2) is 6.59. The molecule has 0 radical (unpaired) electrons. The van der Waals surface area contributed by atoms with Gasteiger partial charge in [-0.05, 0) is 30.7 Å². The molecule has 4 nitrogen and oxygen atoms in total. The van der Waals surface area contributed by atoms with E-state index in [2.05, 4.69) is 5.32 Å². The maximum absolute atomic E-state index is 12.1. The lowest BCUT2D eigenvalue weighted by Crippen LogP contribution is -2.42. The fraction of sp³-hybridized carbons (Fsp3) is 0.571. The Morgan fingerprint density at radius 1 is 1.40 bits per heavy atom. The Balaban J connectivity index is 1.95. The van der Waals surface area contributed by atoms with Crippen LogP contribution in [0.3, 0.4) is 0 Å². The molecule has 2 rings (SSSR count). The van der Waals surface area contributed by atoms with Crippen molar-refractivity contribution >= 4 is 34.8 Å². The predicted molar refractivity (Wildman–Crippen MR) is 81.2 cm³/mol. The normalized spacial score (nSPS) is 22.4. The Morgan fingerprint density at radius 3 is 2.75 bits per heavy atom. The van der Waals surface area contributed by atoms with Crippen LogP contribution in [0.4, 0.5) is 0 Å². The van der Waals surface area contributed by atoms with Crippen molar-refractivity contribution < 1.29 is 9.59 Å². The van der Waals surface area contributed by atoms with Crippen LogP contribution >= 0.6 is 22.9 Å². The van der Waals surface area contributed by atoms with Crippen molar-refractivity contribution in [3.63, 3.8) is 0 Å². The number of hydrogen-bond acceptors (Lipinski definition) is 3. The molecule has 1 fully saturated rings. The average Bonchev–Trinajstić information content (AvgIpc) is 2.84. The molecule has 0 bridgehead atoms. The van der Waals surface area contributed by atoms with Gasteiger partial charge in [-0.3, -0.25) is 9.59 Å². The summed E-state index contributed by atoms with van der Waals surface area (Å²) in [4.78, 5) is 26.3. The van der Waals surface area contributed by atoms with Crippen LogP contribution in [0.15, 0.2) is 11.4 Å². The van der Waals surface area contributed by atoms with E-state index in [4.69, 9.17) is 11.6 Å². The minimum Gasteiger partial charge on any atom is -0.349 e. The highest BCUT2D eigenvalue weighted by Crippen LogP contribution is 2.27. The van der Waals surface area contributed by atoms with Gasteiger partial charge in [0.05, 0.1) is 5.02 Å². The Bertz CT molecular complexity index is 501. The van der Waals surface area contributed by atoms with Gasteiger partial charge in [0.2, 0.25) is 5.91 Å². The highest BCUT2D eigenvalue weighted by Gasteiger charge is 2.29. The minimum absolute atomic E-state index is 0.0165. The zero-order valence-electron chi connectivity index (χ0n) is 11.7. The lowest BCUT2D eigenvalue weighted by Gasteiger charge is -2.30. The van der Waals surface area contributed by atoms with Crippen LogP contribution in [-0.2, 0) is 4.79 Å². The van der Waals surface area contributed by atoms with E-state index in [1.54, 1.807) is 30.4 Å². The molecule has 1 heterocycles. The molecule has 1 N–H and O–H groups in total. The third-order valence-electron chi connectivity index (χ3n) is 3.62. The van der Waals surface area contributed by atoms with Crippen LogP contribution in [0.25, 0.3) is 0 Å². The zero-order chi connectivity index (χ0) is 14.7. The van der Waals surface area contributed by atoms with Gasteiger partial charge in [0.25, 0.3) is 5.91 Å².